The zero-order valence-electron chi connectivity index (χ0n) is 59.2. The minimum Gasteiger partial charge on any atom is -0.461 e. The van der Waals surface area contributed by atoms with E-state index in [1.807, 2.05) is 121 Å². The SMILES string of the molecule is C=CCOC(=O)[C@H]1O[C@@H](Oc2ccc(C[N+]3(C)CCCC[C@@H]3C(=O)N[C@H](C(=O)N(C)[C@H](C[C@@H](OCC(=C)C)c3nc(C(=O)N[C@@H](Cc4ccccc4)C[C@H](C)C(=O)OCC=C)cs3)C(C)C)[C@@H](C)CC)cc2NC(=O)CCNC(=O)OCC2c3ccccc3-c3ccccc32)[C@H](O)[C@@H](O)[C@@H]1O. The van der Waals surface area contributed by atoms with Crippen molar-refractivity contribution in [3.05, 3.63) is 173 Å². The van der Waals surface area contributed by atoms with E-state index in [0.29, 0.717) is 42.8 Å². The standard InChI is InChI=1S/C77H99N7O16S/c1-12-36-95-74(92)49(9)38-52(39-50-24-16-15-17-25-50)79-70(89)59-45-101-72(81-59)63(97-43-46(4)5)41-60(47(6)7)83(10)73(91)65(48(8)14-3)82-71(90)61-30-22-23-35-84(61,11)42-51-31-32-62(99-76-68(88)66(86)67(87)69(100-76)75(93)96-37-13-2)58(40-51)80-64(85)33-34-78-77(94)98-44-57-55-28-20-18-26-53(55)54-27-19-21-29-56(54)57/h12-13,15-21,24-29,31-32,40,45,47-49,52,57,60-61,63,65-69,76,86-88H,1-2,4,14,22-23,30,33-39,41-44H2,3,5-11H3,(H3-,78,79,80,82,85,89,90,94)/p+1/t48-,49-,52+,60+,61+,63+,65-,66-,67-,68+,69-,76+,84?/m0/s1. The van der Waals surface area contributed by atoms with Crippen molar-refractivity contribution >= 4 is 58.7 Å². The maximum Gasteiger partial charge on any atom is 0.407 e. The lowest BCUT2D eigenvalue weighted by molar-refractivity contribution is -0.942. The second kappa shape index (κ2) is 36.8. The molecule has 1 unspecified atom stereocenters. The number of nitrogens with zero attached hydrogens (tertiary/aromatic N) is 3. The summed E-state index contributed by atoms with van der Waals surface area (Å²) in [6.45, 7) is 23.6. The van der Waals surface area contributed by atoms with Crippen molar-refractivity contribution in [2.24, 2.45) is 17.8 Å². The minimum absolute atomic E-state index is 0.0594. The number of anilines is 1. The number of fused-ring (bicyclic) bond motifs is 3. The first kappa shape index (κ1) is 78.1. The van der Waals surface area contributed by atoms with Crippen LogP contribution in [0.25, 0.3) is 11.1 Å². The van der Waals surface area contributed by atoms with Crippen molar-refractivity contribution in [2.75, 3.05) is 58.9 Å². The quantitative estimate of drug-likeness (QED) is 0.00860. The van der Waals surface area contributed by atoms with Gasteiger partial charge < -0.3 is 74.4 Å². The molecule has 544 valence electrons. The Morgan fingerprint density at radius 2 is 1.50 bits per heavy atom. The third-order valence-electron chi connectivity index (χ3n) is 19.1. The fraction of sp³-hybridized carbons (Fsp3) is 0.481. The predicted octanol–water partition coefficient (Wildman–Crippen LogP) is 9.26. The van der Waals surface area contributed by atoms with E-state index in [1.54, 1.807) is 36.4 Å². The molecule has 3 aliphatic rings. The molecule has 2 saturated heterocycles. The smallest absolute Gasteiger partial charge is 0.407 e. The number of carbonyl (C=O) groups excluding carboxylic acids is 7. The highest BCUT2D eigenvalue weighted by atomic mass is 32.1. The van der Waals surface area contributed by atoms with E-state index < -0.39 is 96.7 Å². The Hall–Kier alpha value is -8.62. The number of thiazole rings is 1. The lowest BCUT2D eigenvalue weighted by atomic mass is 9.92. The minimum atomic E-state index is -1.92. The van der Waals surface area contributed by atoms with Gasteiger partial charge in [0.1, 0.15) is 73.3 Å². The Morgan fingerprint density at radius 3 is 2.16 bits per heavy atom. The Morgan fingerprint density at radius 1 is 0.822 bits per heavy atom. The van der Waals surface area contributed by atoms with Crippen LogP contribution in [0.4, 0.5) is 10.5 Å². The van der Waals surface area contributed by atoms with Crippen LogP contribution < -0.4 is 26.0 Å². The number of rotatable bonds is 35. The summed E-state index contributed by atoms with van der Waals surface area (Å²) in [6, 6.07) is 28.0. The van der Waals surface area contributed by atoms with Crippen molar-refractivity contribution in [1.82, 2.24) is 25.8 Å². The molecule has 1 aromatic heterocycles. The number of nitrogens with one attached hydrogen (secondary N) is 4. The van der Waals surface area contributed by atoms with Crippen LogP contribution in [0, 0.1) is 17.8 Å². The molecular formula is C77H100N7O16S+. The van der Waals surface area contributed by atoms with Crippen molar-refractivity contribution in [2.45, 2.75) is 166 Å². The molecule has 0 saturated carbocycles. The highest BCUT2D eigenvalue weighted by Gasteiger charge is 2.49. The van der Waals surface area contributed by atoms with Crippen molar-refractivity contribution < 1.29 is 81.8 Å². The number of likely N-dealkylation sites (tertiary alicyclic amines) is 1. The van der Waals surface area contributed by atoms with Gasteiger partial charge in [-0.25, -0.2) is 14.6 Å². The molecule has 2 fully saturated rings. The molecule has 23 nitrogen and oxygen atoms in total. The number of carbonyl (C=O) groups is 7. The molecule has 101 heavy (non-hydrogen) atoms. The van der Waals surface area contributed by atoms with E-state index in [9.17, 15) is 39.3 Å². The molecule has 1 aliphatic carbocycles. The molecule has 0 bridgehead atoms. The number of hydrogen-bond donors (Lipinski definition) is 7. The Bertz CT molecular complexity index is 3650. The summed E-state index contributed by atoms with van der Waals surface area (Å²) in [5.74, 6) is -4.22. The van der Waals surface area contributed by atoms with Crippen molar-refractivity contribution in [3.63, 3.8) is 0 Å². The van der Waals surface area contributed by atoms with Crippen LogP contribution in [0.1, 0.15) is 136 Å². The topological polar surface area (TPSA) is 300 Å². The molecule has 5 amide bonds. The van der Waals surface area contributed by atoms with Gasteiger partial charge in [0.2, 0.25) is 18.1 Å². The summed E-state index contributed by atoms with van der Waals surface area (Å²) in [4.78, 5) is 104. The molecule has 24 heteroatoms. The van der Waals surface area contributed by atoms with E-state index in [1.165, 1.54) is 29.6 Å². The second-order valence-electron chi connectivity index (χ2n) is 27.3. The van der Waals surface area contributed by atoms with Gasteiger partial charge in [-0.05, 0) is 90.5 Å². The fourth-order valence-corrected chi connectivity index (χ4v) is 14.3. The molecule has 7 N–H and O–H groups in total. The average Bonchev–Trinajstić information content (AvgIpc) is 1.71. The Kier molecular flexibility index (Phi) is 28.5. The third-order valence-corrected chi connectivity index (χ3v) is 20.1. The van der Waals surface area contributed by atoms with Gasteiger partial charge in [-0.2, -0.15) is 0 Å². The van der Waals surface area contributed by atoms with Gasteiger partial charge in [-0.15, -0.1) is 11.3 Å². The van der Waals surface area contributed by atoms with Crippen LogP contribution in [-0.4, -0.2) is 180 Å². The molecule has 3 heterocycles. The number of hydrogen-bond acceptors (Lipinski definition) is 18. The summed E-state index contributed by atoms with van der Waals surface area (Å²) in [5.41, 5.74) is 6.86. The van der Waals surface area contributed by atoms with Gasteiger partial charge in [-0.3, -0.25) is 24.0 Å². The van der Waals surface area contributed by atoms with Gasteiger partial charge in [0, 0.05) is 61.8 Å². The van der Waals surface area contributed by atoms with Crippen molar-refractivity contribution in [3.8, 4) is 16.9 Å². The summed E-state index contributed by atoms with van der Waals surface area (Å²) in [7, 11) is 3.71. The van der Waals surface area contributed by atoms with Gasteiger partial charge in [0.15, 0.2) is 12.1 Å². The molecule has 5 aromatic rings. The molecule has 4 aromatic carbocycles. The fourth-order valence-electron chi connectivity index (χ4n) is 13.4. The summed E-state index contributed by atoms with van der Waals surface area (Å²) < 4.78 is 34.8. The first-order valence-corrected chi connectivity index (χ1v) is 35.6. The normalized spacial score (nSPS) is 21.1. The van der Waals surface area contributed by atoms with Gasteiger partial charge in [0.05, 0.1) is 31.8 Å². The highest BCUT2D eigenvalue weighted by molar-refractivity contribution is 7.09. The van der Waals surface area contributed by atoms with Gasteiger partial charge in [0.25, 0.3) is 11.8 Å². The van der Waals surface area contributed by atoms with Crippen LogP contribution in [0.3, 0.4) is 0 Å². The van der Waals surface area contributed by atoms with Gasteiger partial charge >= 0.3 is 18.0 Å². The molecular weight excluding hydrogens is 1310 g/mol. The van der Waals surface area contributed by atoms with E-state index in [-0.39, 0.29) is 104 Å². The van der Waals surface area contributed by atoms with Crippen molar-refractivity contribution in [1.29, 1.82) is 0 Å². The number of aliphatic hydroxyl groups is 3. The number of amides is 5. The average molecular weight is 1410 g/mol. The monoisotopic (exact) mass is 1410 g/mol. The molecule has 0 spiro atoms. The lowest BCUT2D eigenvalue weighted by Crippen LogP contribution is -2.63. The molecule has 13 atom stereocenters. The number of aromatic nitrogens is 1. The maximum absolute atomic E-state index is 15.2. The largest absolute Gasteiger partial charge is 0.461 e. The third kappa shape index (κ3) is 20.6. The van der Waals surface area contributed by atoms with E-state index >= 15 is 9.59 Å². The van der Waals surface area contributed by atoms with Crippen LogP contribution in [0.15, 0.2) is 140 Å². The predicted molar refractivity (Wildman–Crippen MR) is 383 cm³/mol. The number of alkyl carbamates (subject to hydrolysis) is 1. The number of ether oxygens (including phenoxy) is 6. The Labute approximate surface area is 596 Å². The molecule has 0 radical (unpaired) electrons. The van der Waals surface area contributed by atoms with E-state index in [2.05, 4.69) is 41.0 Å². The number of piperidine rings is 1. The van der Waals surface area contributed by atoms with Crippen LogP contribution in [-0.2, 0) is 60.6 Å². The van der Waals surface area contributed by atoms with Gasteiger partial charge in [-0.1, -0.05) is 157 Å². The summed E-state index contributed by atoms with van der Waals surface area (Å²) in [5, 5.41) is 47.0. The molecule has 8 rings (SSSR count). The number of benzene rings is 4. The zero-order chi connectivity index (χ0) is 73.1. The first-order valence-electron chi connectivity index (χ1n) is 34.7. The Balaban J connectivity index is 0.973. The summed E-state index contributed by atoms with van der Waals surface area (Å²) in [6.07, 6.45) is -4.44. The zero-order valence-corrected chi connectivity index (χ0v) is 60.0. The van der Waals surface area contributed by atoms with Crippen LogP contribution in [0.5, 0.6) is 5.75 Å². The second-order valence-corrected chi connectivity index (χ2v) is 28.2. The van der Waals surface area contributed by atoms with Crippen LogP contribution in [0.2, 0.25) is 0 Å². The van der Waals surface area contributed by atoms with E-state index in [4.69, 9.17) is 33.4 Å². The first-order chi connectivity index (χ1) is 48.3. The number of aliphatic hydroxyl groups excluding tert-OH is 3. The van der Waals surface area contributed by atoms with E-state index in [0.717, 1.165) is 46.2 Å². The van der Waals surface area contributed by atoms with Crippen LogP contribution >= 0.6 is 11.3 Å². The highest BCUT2D eigenvalue weighted by Crippen LogP contribution is 2.45. The summed E-state index contributed by atoms with van der Waals surface area (Å²) >= 11 is 1.27. The molecule has 2 aliphatic heterocycles. The number of likely N-dealkylation sites (N-methyl/N-ethyl adjacent to an activating group) is 2. The lowest BCUT2D eigenvalue weighted by Gasteiger charge is -2.44. The number of esters is 2. The maximum atomic E-state index is 15.2. The number of quaternary nitrogens is 1.